The van der Waals surface area contributed by atoms with Crippen molar-refractivity contribution >= 4 is 10.9 Å². The van der Waals surface area contributed by atoms with Gasteiger partial charge in [-0.05, 0) is 0 Å². The fourth-order valence-corrected chi connectivity index (χ4v) is 9.57. The summed E-state index contributed by atoms with van der Waals surface area (Å²) in [7, 11) is 4.12. The summed E-state index contributed by atoms with van der Waals surface area (Å²) in [6.45, 7) is 2.03. The molecule has 4 heterocycles. The molecule has 1 aromatic heterocycles. The van der Waals surface area contributed by atoms with Crippen molar-refractivity contribution in [1.82, 2.24) is 9.88 Å². The summed E-state index contributed by atoms with van der Waals surface area (Å²) in [5, 5.41) is 1.19. The Bertz CT molecular complexity index is 807. The Hall–Kier alpha value is -0.880. The van der Waals surface area contributed by atoms with Crippen molar-refractivity contribution in [2.75, 3.05) is 14.2 Å². The van der Waals surface area contributed by atoms with Gasteiger partial charge in [0.25, 0.3) is 0 Å². The van der Waals surface area contributed by atoms with E-state index in [4.69, 9.17) is 4.74 Å². The van der Waals surface area contributed by atoms with E-state index in [2.05, 4.69) is 41.2 Å². The molecule has 4 atom stereocenters. The molecule has 1 aromatic carbocycles. The molecule has 3 saturated heterocycles. The molecule has 122 valence electrons. The van der Waals surface area contributed by atoms with Crippen LogP contribution in [0.4, 0.5) is 0 Å². The van der Waals surface area contributed by atoms with Gasteiger partial charge >= 0.3 is 148 Å². The molecule has 0 radical (unpaired) electrons. The normalized spacial score (nSPS) is 35.7. The molecule has 3 nitrogen and oxygen atoms in total. The van der Waals surface area contributed by atoms with Crippen LogP contribution in [0.5, 0.6) is 5.75 Å². The first kappa shape index (κ1) is 14.5. The summed E-state index contributed by atoms with van der Waals surface area (Å²) in [4.78, 5) is 7.36. The van der Waals surface area contributed by atoms with Crippen LogP contribution in [0.15, 0.2) is 24.3 Å². The van der Waals surface area contributed by atoms with E-state index in [1.54, 1.807) is 12.7 Å². The molecule has 0 aliphatic carbocycles. The molecule has 3 fully saturated rings. The maximum absolute atomic E-state index is 5.63. The van der Waals surface area contributed by atoms with Crippen molar-refractivity contribution in [3.05, 3.63) is 35.5 Å². The fraction of sp³-hybridized carbons (Fsp3) is 0.526. The van der Waals surface area contributed by atoms with Crippen LogP contribution in [0.3, 0.4) is 0 Å². The minimum absolute atomic E-state index is 0.282. The maximum atomic E-state index is 5.63. The number of pyridine rings is 1. The van der Waals surface area contributed by atoms with Crippen LogP contribution in [0, 0.1) is 6.92 Å². The molecule has 0 spiro atoms. The van der Waals surface area contributed by atoms with E-state index in [9.17, 15) is 0 Å². The van der Waals surface area contributed by atoms with E-state index in [1.165, 1.54) is 24.6 Å². The number of piperidine rings is 1. The van der Waals surface area contributed by atoms with Crippen molar-refractivity contribution in [3.8, 4) is 5.75 Å². The third-order valence-electron chi connectivity index (χ3n) is 6.06. The summed E-state index contributed by atoms with van der Waals surface area (Å²) in [6.07, 6.45) is 4.21. The van der Waals surface area contributed by atoms with Crippen LogP contribution in [0.1, 0.15) is 30.5 Å². The number of aromatic nitrogens is 1. The van der Waals surface area contributed by atoms with Gasteiger partial charge in [0.15, 0.2) is 0 Å². The van der Waals surface area contributed by atoms with Crippen LogP contribution >= 0.6 is 0 Å². The molecule has 0 N–H and O–H groups in total. The number of rotatable bonds is 2. The van der Waals surface area contributed by atoms with Crippen LogP contribution in [0.2, 0.25) is 0 Å². The molecule has 0 unspecified atom stereocenters. The molecule has 4 heteroatoms. The van der Waals surface area contributed by atoms with Gasteiger partial charge in [0.2, 0.25) is 0 Å². The average Bonchev–Trinajstić information content (AvgIpc) is 3.21. The number of alkyl halides is 2. The molecule has 23 heavy (non-hydrogen) atoms. The van der Waals surface area contributed by atoms with E-state index >= 15 is 0 Å². The number of fused-ring (bicyclic) bond motifs is 5. The average molecular weight is 421 g/mol. The number of nitrogens with zero attached hydrogens (tertiary/aromatic N) is 2. The fourth-order valence-electron chi connectivity index (χ4n) is 4.78. The molecule has 0 amide bonds. The first-order valence-electron chi connectivity index (χ1n) is 8.45. The van der Waals surface area contributed by atoms with Gasteiger partial charge < -0.3 is 0 Å². The van der Waals surface area contributed by atoms with Gasteiger partial charge in [-0.25, -0.2) is 0 Å². The molecule has 0 saturated carbocycles. The third-order valence-corrected chi connectivity index (χ3v) is 10.8. The van der Waals surface area contributed by atoms with Crippen LogP contribution in [-0.4, -0.2) is 40.0 Å². The Balaban J connectivity index is 1.61. The van der Waals surface area contributed by atoms with E-state index in [0.29, 0.717) is 3.42 Å². The van der Waals surface area contributed by atoms with Crippen LogP contribution in [-0.2, 0) is 3.42 Å². The van der Waals surface area contributed by atoms with Gasteiger partial charge in [-0.1, -0.05) is 0 Å². The zero-order chi connectivity index (χ0) is 15.8. The minimum atomic E-state index is 0.282. The van der Waals surface area contributed by atoms with E-state index in [1.807, 2.05) is 6.92 Å². The summed E-state index contributed by atoms with van der Waals surface area (Å²) in [6, 6.07) is 10.7. The summed E-state index contributed by atoms with van der Waals surface area (Å²) < 4.78 is 7.14. The van der Waals surface area contributed by atoms with Crippen molar-refractivity contribution in [3.63, 3.8) is 0 Å². The molecule has 2 aromatic rings. The third kappa shape index (κ3) is 1.94. The van der Waals surface area contributed by atoms with Crippen molar-refractivity contribution in [2.24, 2.45) is 0 Å². The Morgan fingerprint density at radius 2 is 2.17 bits per heavy atom. The number of halogens is 1. The zero-order valence-electron chi connectivity index (χ0n) is 13.8. The second-order valence-electron chi connectivity index (χ2n) is 7.24. The SMILES string of the molecule is COc1cc(C)nc2ccc([C@@]34C[C@H]5CC[C@@H]([C@@H]3[I-]4)N5C)cc12. The van der Waals surface area contributed by atoms with Crippen molar-refractivity contribution in [1.29, 1.82) is 0 Å². The topological polar surface area (TPSA) is 25.4 Å². The summed E-state index contributed by atoms with van der Waals surface area (Å²) in [5.41, 5.74) is 3.65. The number of hydrogen-bond acceptors (Lipinski definition) is 3. The second-order valence-corrected chi connectivity index (χ2v) is 11.1. The Kier molecular flexibility index (Phi) is 3.03. The first-order valence-corrected chi connectivity index (χ1v) is 10.8. The second kappa shape index (κ2) is 4.82. The predicted octanol–water partition coefficient (Wildman–Crippen LogP) is 0.0848. The van der Waals surface area contributed by atoms with Gasteiger partial charge in [-0.2, -0.15) is 0 Å². The summed E-state index contributed by atoms with van der Waals surface area (Å²) in [5.74, 6) is 0.969. The number of aryl methyl sites for hydroxylation is 1. The van der Waals surface area contributed by atoms with E-state index < -0.39 is 0 Å². The Morgan fingerprint density at radius 1 is 1.30 bits per heavy atom. The molecule has 3 aliphatic heterocycles. The van der Waals surface area contributed by atoms with Gasteiger partial charge in [0, 0.05) is 0 Å². The molecule has 3 aliphatic rings. The zero-order valence-corrected chi connectivity index (χ0v) is 16.0. The van der Waals surface area contributed by atoms with Gasteiger partial charge in [-0.3, -0.25) is 0 Å². The standard InChI is InChI=1S/C19H22IN2O/c1-11-8-17(23-3)14-9-12(4-6-15(14)21-11)19-10-13-5-7-16(22(13)2)18(19)20-19/h4,6,8-9,13,16,18H,5,7,10H2,1-3H3/q-1/t13-,16+,18+,19+/m1/s1. The van der Waals surface area contributed by atoms with Crippen molar-refractivity contribution < 1.29 is 25.9 Å². The first-order chi connectivity index (χ1) is 11.1. The van der Waals surface area contributed by atoms with Gasteiger partial charge in [-0.15, -0.1) is 0 Å². The van der Waals surface area contributed by atoms with E-state index in [-0.39, 0.29) is 21.2 Å². The van der Waals surface area contributed by atoms with Crippen molar-refractivity contribution in [2.45, 2.75) is 45.6 Å². The van der Waals surface area contributed by atoms with Crippen LogP contribution in [0.25, 0.3) is 10.9 Å². The van der Waals surface area contributed by atoms with Gasteiger partial charge in [0.1, 0.15) is 0 Å². The monoisotopic (exact) mass is 421 g/mol. The Morgan fingerprint density at radius 3 is 3.00 bits per heavy atom. The number of ether oxygens (including phenoxy) is 1. The summed E-state index contributed by atoms with van der Waals surface area (Å²) >= 11 is 0.282. The molecule has 2 bridgehead atoms. The predicted molar refractivity (Wildman–Crippen MR) is 87.7 cm³/mol. The molecular formula is C19H22IN2O-. The van der Waals surface area contributed by atoms with Gasteiger partial charge in [0.05, 0.1) is 0 Å². The number of hydrogen-bond donors (Lipinski definition) is 0. The molecular weight excluding hydrogens is 399 g/mol. The van der Waals surface area contributed by atoms with E-state index in [0.717, 1.165) is 33.0 Å². The Labute approximate surface area is 147 Å². The quantitative estimate of drug-likeness (QED) is 0.508. The number of benzene rings is 1. The molecule has 5 rings (SSSR count). The van der Waals surface area contributed by atoms with Crippen LogP contribution < -0.4 is 25.9 Å². The number of methoxy groups -OCH3 is 1.